The molecule has 64 valence electrons. The molecule has 1 amide bonds. The van der Waals surface area contributed by atoms with E-state index in [-0.39, 0.29) is 57.1 Å². The Morgan fingerprint density at radius 1 is 1.31 bits per heavy atom. The van der Waals surface area contributed by atoms with Gasteiger partial charge in [-0.05, 0) is 12.1 Å². The summed E-state index contributed by atoms with van der Waals surface area (Å²) < 4.78 is 0. The SMILES string of the molecule is O=CNc1ccc([N+](=O)[O-])cc1.[KH]. The van der Waals surface area contributed by atoms with Crippen LogP contribution in [-0.4, -0.2) is 62.7 Å². The summed E-state index contributed by atoms with van der Waals surface area (Å²) in [6.45, 7) is 0. The summed E-state index contributed by atoms with van der Waals surface area (Å²) in [6.07, 6.45) is 0.515. The number of amides is 1. The van der Waals surface area contributed by atoms with Gasteiger partial charge in [-0.3, -0.25) is 14.9 Å². The third kappa shape index (κ3) is 3.97. The topological polar surface area (TPSA) is 72.2 Å². The van der Waals surface area contributed by atoms with Gasteiger partial charge in [-0.1, -0.05) is 0 Å². The first kappa shape index (κ1) is 12.7. The maximum atomic E-state index is 10.2. The van der Waals surface area contributed by atoms with E-state index in [2.05, 4.69) is 5.32 Å². The molecule has 1 rings (SSSR count). The fourth-order valence-corrected chi connectivity index (χ4v) is 0.747. The van der Waals surface area contributed by atoms with Crippen molar-refractivity contribution in [1.29, 1.82) is 0 Å². The van der Waals surface area contributed by atoms with Crippen LogP contribution in [-0.2, 0) is 4.79 Å². The predicted octanol–water partition coefficient (Wildman–Crippen LogP) is 0.515. The van der Waals surface area contributed by atoms with Crippen molar-refractivity contribution >= 4 is 69.2 Å². The molecule has 0 unspecified atom stereocenters. The van der Waals surface area contributed by atoms with Crippen LogP contribution in [0.1, 0.15) is 0 Å². The molecule has 6 heteroatoms. The number of non-ortho nitro benzene ring substituents is 1. The van der Waals surface area contributed by atoms with Crippen LogP contribution >= 0.6 is 0 Å². The van der Waals surface area contributed by atoms with Gasteiger partial charge >= 0.3 is 51.4 Å². The standard InChI is InChI=1S/C7H6N2O3.K.H/c10-5-8-6-1-3-7(4-2-6)9(11)12;;/h1-5H,(H,8,10);;. The Bertz CT molecular complexity index is 299. The summed E-state index contributed by atoms with van der Waals surface area (Å²) in [7, 11) is 0. The quantitative estimate of drug-likeness (QED) is 0.339. The van der Waals surface area contributed by atoms with Crippen LogP contribution in [0, 0.1) is 10.1 Å². The van der Waals surface area contributed by atoms with Crippen LogP contribution in [0.4, 0.5) is 11.4 Å². The van der Waals surface area contributed by atoms with E-state index < -0.39 is 4.92 Å². The van der Waals surface area contributed by atoms with Gasteiger partial charge in [0.25, 0.3) is 5.69 Å². The fraction of sp³-hybridized carbons (Fsp3) is 0. The van der Waals surface area contributed by atoms with Crippen molar-refractivity contribution in [2.45, 2.75) is 0 Å². The van der Waals surface area contributed by atoms with Crippen molar-refractivity contribution < 1.29 is 9.72 Å². The normalized spacial score (nSPS) is 8.31. The molecule has 0 heterocycles. The first-order chi connectivity index (χ1) is 5.74. The Morgan fingerprint density at radius 2 is 1.85 bits per heavy atom. The van der Waals surface area contributed by atoms with Gasteiger partial charge in [0, 0.05) is 17.8 Å². The number of rotatable bonds is 3. The Hall–Kier alpha value is -0.274. The Labute approximate surface area is 117 Å². The molecule has 0 aromatic heterocycles. The third-order valence-corrected chi connectivity index (χ3v) is 1.30. The van der Waals surface area contributed by atoms with Gasteiger partial charge in [0.1, 0.15) is 0 Å². The number of nitro benzene ring substituents is 1. The first-order valence-electron chi connectivity index (χ1n) is 3.18. The summed E-state index contributed by atoms with van der Waals surface area (Å²) in [5.41, 5.74) is 0.544. The third-order valence-electron chi connectivity index (χ3n) is 1.30. The minimum atomic E-state index is -0.495. The van der Waals surface area contributed by atoms with Gasteiger partial charge in [0.05, 0.1) is 4.92 Å². The van der Waals surface area contributed by atoms with E-state index in [1.165, 1.54) is 24.3 Å². The molecular weight excluding hydrogens is 199 g/mol. The van der Waals surface area contributed by atoms with Crippen molar-refractivity contribution in [3.8, 4) is 0 Å². The number of nitrogens with one attached hydrogen (secondary N) is 1. The van der Waals surface area contributed by atoms with E-state index >= 15 is 0 Å². The molecule has 0 aliphatic carbocycles. The van der Waals surface area contributed by atoms with Crippen molar-refractivity contribution in [2.75, 3.05) is 5.32 Å². The number of anilines is 1. The van der Waals surface area contributed by atoms with E-state index in [1.807, 2.05) is 0 Å². The molecule has 0 aliphatic heterocycles. The van der Waals surface area contributed by atoms with Crippen LogP contribution < -0.4 is 5.32 Å². The number of carbonyl (C=O) groups excluding carboxylic acids is 1. The maximum absolute atomic E-state index is 10.2. The molecule has 1 aromatic rings. The van der Waals surface area contributed by atoms with Crippen LogP contribution in [0.3, 0.4) is 0 Å². The summed E-state index contributed by atoms with van der Waals surface area (Å²) >= 11 is 0. The minimum absolute atomic E-state index is 0. The molecule has 5 nitrogen and oxygen atoms in total. The molecule has 0 bridgehead atoms. The molecular formula is C7H7KN2O3. The molecule has 0 spiro atoms. The van der Waals surface area contributed by atoms with Gasteiger partial charge in [-0.25, -0.2) is 0 Å². The van der Waals surface area contributed by atoms with E-state index in [0.29, 0.717) is 12.1 Å². The van der Waals surface area contributed by atoms with E-state index in [9.17, 15) is 14.9 Å². The molecule has 1 aromatic carbocycles. The van der Waals surface area contributed by atoms with Crippen molar-refractivity contribution in [3.05, 3.63) is 34.4 Å². The number of carbonyl (C=O) groups is 1. The number of benzene rings is 1. The summed E-state index contributed by atoms with van der Waals surface area (Å²) in [5, 5.41) is 12.6. The first-order valence-corrected chi connectivity index (χ1v) is 3.18. The van der Waals surface area contributed by atoms with E-state index in [0.717, 1.165) is 0 Å². The predicted molar refractivity (Wildman–Crippen MR) is 49.9 cm³/mol. The zero-order valence-electron chi connectivity index (χ0n) is 6.06. The summed E-state index contributed by atoms with van der Waals surface area (Å²) in [5.74, 6) is 0. The molecule has 0 aliphatic rings. The second-order valence-electron chi connectivity index (χ2n) is 2.07. The number of hydrogen-bond acceptors (Lipinski definition) is 3. The van der Waals surface area contributed by atoms with Crippen molar-refractivity contribution in [2.24, 2.45) is 0 Å². The number of nitro groups is 1. The number of hydrogen-bond donors (Lipinski definition) is 1. The van der Waals surface area contributed by atoms with Gasteiger partial charge in [0.15, 0.2) is 0 Å². The Morgan fingerprint density at radius 3 is 2.23 bits per heavy atom. The van der Waals surface area contributed by atoms with E-state index in [4.69, 9.17) is 0 Å². The molecule has 1 N–H and O–H groups in total. The molecule has 0 radical (unpaired) electrons. The molecule has 13 heavy (non-hydrogen) atoms. The van der Waals surface area contributed by atoms with Crippen LogP contribution in [0.5, 0.6) is 0 Å². The van der Waals surface area contributed by atoms with Crippen molar-refractivity contribution in [3.63, 3.8) is 0 Å². The van der Waals surface area contributed by atoms with Gasteiger partial charge < -0.3 is 5.32 Å². The second kappa shape index (κ2) is 6.22. The number of nitrogens with zero attached hydrogens (tertiary/aromatic N) is 1. The van der Waals surface area contributed by atoms with Gasteiger partial charge in [-0.15, -0.1) is 0 Å². The van der Waals surface area contributed by atoms with Crippen LogP contribution in [0.2, 0.25) is 0 Å². The van der Waals surface area contributed by atoms with Gasteiger partial charge in [-0.2, -0.15) is 0 Å². The zero-order chi connectivity index (χ0) is 8.97. The molecule has 0 saturated carbocycles. The van der Waals surface area contributed by atoms with Crippen LogP contribution in [0.15, 0.2) is 24.3 Å². The summed E-state index contributed by atoms with van der Waals surface area (Å²) in [4.78, 5) is 19.6. The Kier molecular flexibility index (Phi) is 6.09. The second-order valence-corrected chi connectivity index (χ2v) is 2.07. The van der Waals surface area contributed by atoms with Gasteiger partial charge in [0.2, 0.25) is 6.41 Å². The summed E-state index contributed by atoms with van der Waals surface area (Å²) in [6, 6.07) is 5.58. The monoisotopic (exact) mass is 206 g/mol. The van der Waals surface area contributed by atoms with E-state index in [1.54, 1.807) is 0 Å². The molecule has 0 fully saturated rings. The molecule has 0 atom stereocenters. The average Bonchev–Trinajstić information content (AvgIpc) is 2.06. The average molecular weight is 206 g/mol. The fourth-order valence-electron chi connectivity index (χ4n) is 0.747. The zero-order valence-corrected chi connectivity index (χ0v) is 6.06. The Balaban J connectivity index is 0.00000144. The van der Waals surface area contributed by atoms with Crippen molar-refractivity contribution in [1.82, 2.24) is 0 Å². The molecule has 0 saturated heterocycles. The van der Waals surface area contributed by atoms with Crippen LogP contribution in [0.25, 0.3) is 0 Å².